The number of imide groups is 1. The Hall–Kier alpha value is -2.59. The van der Waals surface area contributed by atoms with Crippen LogP contribution in [0.5, 0.6) is 0 Å². The number of hydrogen-bond acceptors (Lipinski definition) is 3. The molecule has 1 heterocycles. The molecule has 0 fully saturated rings. The van der Waals surface area contributed by atoms with Gasteiger partial charge in [0.1, 0.15) is 10.7 Å². The zero-order chi connectivity index (χ0) is 18.1. The third-order valence-corrected chi connectivity index (χ3v) is 4.62. The van der Waals surface area contributed by atoms with Crippen LogP contribution in [0.4, 0.5) is 11.4 Å². The molecule has 4 nitrogen and oxygen atoms in total. The molecule has 1 aliphatic heterocycles. The first-order chi connectivity index (χ1) is 11.9. The molecule has 2 aromatic rings. The van der Waals surface area contributed by atoms with E-state index in [2.05, 4.69) is 5.32 Å². The topological polar surface area (TPSA) is 49.4 Å². The molecule has 128 valence electrons. The minimum atomic E-state index is -0.511. The van der Waals surface area contributed by atoms with Crippen LogP contribution in [0.1, 0.15) is 23.6 Å². The van der Waals surface area contributed by atoms with Crippen molar-refractivity contribution >= 4 is 34.8 Å². The predicted molar refractivity (Wildman–Crippen MR) is 101 cm³/mol. The second-order valence-electron chi connectivity index (χ2n) is 6.10. The van der Waals surface area contributed by atoms with Crippen molar-refractivity contribution in [1.82, 2.24) is 0 Å². The van der Waals surface area contributed by atoms with Gasteiger partial charge in [0.05, 0.1) is 5.69 Å². The molecular formula is C20H19ClN2O2. The third kappa shape index (κ3) is 3.17. The van der Waals surface area contributed by atoms with E-state index in [-0.39, 0.29) is 10.7 Å². The van der Waals surface area contributed by atoms with Gasteiger partial charge in [-0.05, 0) is 49.6 Å². The van der Waals surface area contributed by atoms with Gasteiger partial charge in [0.2, 0.25) is 0 Å². The number of rotatable bonds is 4. The van der Waals surface area contributed by atoms with Gasteiger partial charge in [-0.25, -0.2) is 4.90 Å². The highest BCUT2D eigenvalue weighted by atomic mass is 35.5. The summed E-state index contributed by atoms with van der Waals surface area (Å²) in [7, 11) is 0. The minimum absolute atomic E-state index is 0.0930. The van der Waals surface area contributed by atoms with Gasteiger partial charge >= 0.3 is 0 Å². The Morgan fingerprint density at radius 3 is 2.28 bits per heavy atom. The van der Waals surface area contributed by atoms with Crippen LogP contribution in [0, 0.1) is 13.8 Å². The molecule has 0 saturated heterocycles. The Balaban J connectivity index is 1.90. The summed E-state index contributed by atoms with van der Waals surface area (Å²) in [6.45, 7) is 5.98. The second kappa shape index (κ2) is 6.73. The molecule has 3 rings (SSSR count). The largest absolute Gasteiger partial charge is 0.349 e. The maximum absolute atomic E-state index is 12.8. The Morgan fingerprint density at radius 1 is 1.00 bits per heavy atom. The minimum Gasteiger partial charge on any atom is -0.349 e. The molecule has 0 unspecified atom stereocenters. The first-order valence-corrected chi connectivity index (χ1v) is 8.52. The Labute approximate surface area is 152 Å². The number of aryl methyl sites for hydroxylation is 3. The van der Waals surface area contributed by atoms with Crippen molar-refractivity contribution in [3.05, 3.63) is 69.9 Å². The molecule has 0 saturated carbocycles. The molecule has 0 spiro atoms. The highest BCUT2D eigenvalue weighted by Gasteiger charge is 2.39. The standard InChI is InChI=1S/C20H19ClN2O2/c1-4-14-6-8-15(9-7-14)23-19(24)17(21)18(20(23)25)22-16-10-5-12(2)11-13(16)3/h5-11,22H,4H2,1-3H3. The van der Waals surface area contributed by atoms with Crippen molar-refractivity contribution in [3.8, 4) is 0 Å². The molecule has 5 heteroatoms. The van der Waals surface area contributed by atoms with Crippen LogP contribution < -0.4 is 10.2 Å². The van der Waals surface area contributed by atoms with E-state index < -0.39 is 11.8 Å². The molecule has 1 aliphatic rings. The maximum atomic E-state index is 12.8. The number of hydrogen-bond donors (Lipinski definition) is 1. The smallest absolute Gasteiger partial charge is 0.283 e. The van der Waals surface area contributed by atoms with Crippen molar-refractivity contribution in [3.63, 3.8) is 0 Å². The molecular weight excluding hydrogens is 336 g/mol. The van der Waals surface area contributed by atoms with Gasteiger partial charge in [-0.1, -0.05) is 48.4 Å². The summed E-state index contributed by atoms with van der Waals surface area (Å²) in [5.74, 6) is -0.956. The van der Waals surface area contributed by atoms with Gasteiger partial charge in [0.25, 0.3) is 11.8 Å². The van der Waals surface area contributed by atoms with Gasteiger partial charge < -0.3 is 5.32 Å². The number of amides is 2. The summed E-state index contributed by atoms with van der Waals surface area (Å²) in [5, 5.41) is 2.93. The predicted octanol–water partition coefficient (Wildman–Crippen LogP) is 4.30. The Morgan fingerprint density at radius 2 is 1.68 bits per heavy atom. The van der Waals surface area contributed by atoms with Gasteiger partial charge in [0, 0.05) is 5.69 Å². The van der Waals surface area contributed by atoms with E-state index in [0.29, 0.717) is 5.69 Å². The molecule has 0 aromatic heterocycles. The average molecular weight is 355 g/mol. The molecule has 2 aromatic carbocycles. The highest BCUT2D eigenvalue weighted by molar-refractivity contribution is 6.53. The van der Waals surface area contributed by atoms with E-state index in [1.807, 2.05) is 51.1 Å². The van der Waals surface area contributed by atoms with E-state index in [9.17, 15) is 9.59 Å². The van der Waals surface area contributed by atoms with Crippen LogP contribution >= 0.6 is 11.6 Å². The quantitative estimate of drug-likeness (QED) is 0.833. The summed E-state index contributed by atoms with van der Waals surface area (Å²) in [4.78, 5) is 26.4. The fourth-order valence-electron chi connectivity index (χ4n) is 2.82. The molecule has 0 bridgehead atoms. The monoisotopic (exact) mass is 354 g/mol. The van der Waals surface area contributed by atoms with Crippen molar-refractivity contribution in [2.75, 3.05) is 10.2 Å². The summed E-state index contributed by atoms with van der Waals surface area (Å²) in [6, 6.07) is 13.1. The lowest BCUT2D eigenvalue weighted by Crippen LogP contribution is -2.32. The summed E-state index contributed by atoms with van der Waals surface area (Å²) in [6.07, 6.45) is 0.890. The van der Waals surface area contributed by atoms with Crippen LogP contribution in [-0.4, -0.2) is 11.8 Å². The van der Waals surface area contributed by atoms with Crippen molar-refractivity contribution in [1.29, 1.82) is 0 Å². The first kappa shape index (κ1) is 17.2. The Bertz CT molecular complexity index is 885. The summed E-state index contributed by atoms with van der Waals surface area (Å²) in [5.41, 5.74) is 4.61. The fourth-order valence-corrected chi connectivity index (χ4v) is 3.03. The van der Waals surface area contributed by atoms with Gasteiger partial charge in [0.15, 0.2) is 0 Å². The number of benzene rings is 2. The fraction of sp³-hybridized carbons (Fsp3) is 0.200. The zero-order valence-electron chi connectivity index (χ0n) is 14.4. The summed E-state index contributed by atoms with van der Waals surface area (Å²) < 4.78 is 0. The third-order valence-electron chi connectivity index (χ3n) is 4.27. The average Bonchev–Trinajstić information content (AvgIpc) is 2.81. The molecule has 0 aliphatic carbocycles. The van der Waals surface area contributed by atoms with Crippen LogP contribution in [0.25, 0.3) is 0 Å². The number of carbonyl (C=O) groups is 2. The number of nitrogens with zero attached hydrogens (tertiary/aromatic N) is 1. The normalized spacial score (nSPS) is 14.5. The summed E-state index contributed by atoms with van der Waals surface area (Å²) >= 11 is 6.17. The Kier molecular flexibility index (Phi) is 4.64. The van der Waals surface area contributed by atoms with Crippen LogP contribution in [0.15, 0.2) is 53.2 Å². The first-order valence-electron chi connectivity index (χ1n) is 8.14. The van der Waals surface area contributed by atoms with E-state index in [4.69, 9.17) is 11.6 Å². The van der Waals surface area contributed by atoms with Crippen molar-refractivity contribution < 1.29 is 9.59 Å². The van der Waals surface area contributed by atoms with Crippen molar-refractivity contribution in [2.45, 2.75) is 27.2 Å². The highest BCUT2D eigenvalue weighted by Crippen LogP contribution is 2.31. The lowest BCUT2D eigenvalue weighted by Gasteiger charge is -2.16. The maximum Gasteiger partial charge on any atom is 0.283 e. The van der Waals surface area contributed by atoms with Gasteiger partial charge in [-0.3, -0.25) is 9.59 Å². The van der Waals surface area contributed by atoms with E-state index in [0.717, 1.165) is 33.7 Å². The molecule has 0 radical (unpaired) electrons. The van der Waals surface area contributed by atoms with E-state index in [1.54, 1.807) is 12.1 Å². The van der Waals surface area contributed by atoms with Crippen LogP contribution in [-0.2, 0) is 16.0 Å². The zero-order valence-corrected chi connectivity index (χ0v) is 15.1. The number of nitrogens with one attached hydrogen (secondary N) is 1. The molecule has 1 N–H and O–H groups in total. The number of anilines is 2. The SMILES string of the molecule is CCc1ccc(N2C(=O)C(Cl)=C(Nc3ccc(C)cc3C)C2=O)cc1. The lowest BCUT2D eigenvalue weighted by atomic mass is 10.1. The molecule has 25 heavy (non-hydrogen) atoms. The van der Waals surface area contributed by atoms with Gasteiger partial charge in [-0.2, -0.15) is 0 Å². The van der Waals surface area contributed by atoms with E-state index in [1.165, 1.54) is 0 Å². The van der Waals surface area contributed by atoms with Crippen LogP contribution in [0.2, 0.25) is 0 Å². The van der Waals surface area contributed by atoms with Crippen LogP contribution in [0.3, 0.4) is 0 Å². The van der Waals surface area contributed by atoms with Crippen molar-refractivity contribution in [2.24, 2.45) is 0 Å². The number of carbonyl (C=O) groups excluding carboxylic acids is 2. The lowest BCUT2D eigenvalue weighted by molar-refractivity contribution is -0.120. The molecule has 2 amide bonds. The van der Waals surface area contributed by atoms with E-state index >= 15 is 0 Å². The molecule has 0 atom stereocenters. The number of halogens is 1. The second-order valence-corrected chi connectivity index (χ2v) is 6.48. The van der Waals surface area contributed by atoms with Gasteiger partial charge in [-0.15, -0.1) is 0 Å².